The van der Waals surface area contributed by atoms with Gasteiger partial charge in [-0.1, -0.05) is 6.08 Å². The third-order valence-corrected chi connectivity index (χ3v) is 4.24. The lowest BCUT2D eigenvalue weighted by Crippen LogP contribution is -2.23. The molecule has 0 saturated carbocycles. The Morgan fingerprint density at radius 3 is 2.92 bits per heavy atom. The van der Waals surface area contributed by atoms with Gasteiger partial charge in [0.15, 0.2) is 0 Å². The predicted molar refractivity (Wildman–Crippen MR) is 102 cm³/mol. The van der Waals surface area contributed by atoms with Crippen LogP contribution >= 0.6 is 0 Å². The summed E-state index contributed by atoms with van der Waals surface area (Å²) >= 11 is 0. The third kappa shape index (κ3) is 4.23. The van der Waals surface area contributed by atoms with E-state index in [4.69, 9.17) is 14.2 Å². The topological polar surface area (TPSA) is 68.7 Å². The van der Waals surface area contributed by atoms with Crippen molar-refractivity contribution in [3.8, 4) is 11.5 Å². The summed E-state index contributed by atoms with van der Waals surface area (Å²) < 4.78 is 16.4. The first-order chi connectivity index (χ1) is 12.7. The number of rotatable bonds is 8. The third-order valence-electron chi connectivity index (χ3n) is 4.24. The first-order valence-electron chi connectivity index (χ1n) is 8.52. The zero-order chi connectivity index (χ0) is 18.4. The Hall–Kier alpha value is -2.80. The number of ether oxygens (including phenoxy) is 3. The predicted octanol–water partition coefficient (Wildman–Crippen LogP) is 3.02. The molecule has 1 atom stereocenters. The van der Waals surface area contributed by atoms with Gasteiger partial charge in [0.25, 0.3) is 0 Å². The smallest absolute Gasteiger partial charge is 0.146 e. The molecular formula is C19H24N4O3. The molecule has 7 heteroatoms. The second kappa shape index (κ2) is 8.53. The summed E-state index contributed by atoms with van der Waals surface area (Å²) in [6, 6.07) is 7.52. The van der Waals surface area contributed by atoms with Crippen LogP contribution in [0.15, 0.2) is 43.2 Å². The van der Waals surface area contributed by atoms with E-state index in [2.05, 4.69) is 26.8 Å². The fourth-order valence-corrected chi connectivity index (χ4v) is 2.90. The molecule has 1 saturated heterocycles. The molecule has 1 fully saturated rings. The van der Waals surface area contributed by atoms with Crippen molar-refractivity contribution >= 4 is 17.3 Å². The molecule has 0 aliphatic carbocycles. The standard InChI is InChI=1S/C19H24N4O3/c1-4-9-26-15-7-8-23(12-15)19-11-18(20-13-21-19)22-16-6-5-14(24-2)10-17(16)25-3/h4-6,10-11,13,15H,1,7-9,12H2,2-3H3,(H,20,21,22). The Morgan fingerprint density at radius 1 is 1.27 bits per heavy atom. The van der Waals surface area contributed by atoms with Gasteiger partial charge in [0.05, 0.1) is 32.6 Å². The Morgan fingerprint density at radius 2 is 2.15 bits per heavy atom. The van der Waals surface area contributed by atoms with E-state index in [0.717, 1.165) is 36.8 Å². The molecule has 0 amide bonds. The molecule has 1 aromatic carbocycles. The number of benzene rings is 1. The first kappa shape index (κ1) is 18.0. The molecule has 0 radical (unpaired) electrons. The molecule has 2 heterocycles. The second-order valence-electron chi connectivity index (χ2n) is 5.93. The molecule has 1 N–H and O–H groups in total. The van der Waals surface area contributed by atoms with Crippen molar-refractivity contribution in [3.63, 3.8) is 0 Å². The number of anilines is 3. The van der Waals surface area contributed by atoms with Crippen LogP contribution in [0.4, 0.5) is 17.3 Å². The highest BCUT2D eigenvalue weighted by atomic mass is 16.5. The molecule has 26 heavy (non-hydrogen) atoms. The number of methoxy groups -OCH3 is 2. The number of nitrogens with zero attached hydrogens (tertiary/aromatic N) is 3. The van der Waals surface area contributed by atoms with Crippen molar-refractivity contribution in [2.45, 2.75) is 12.5 Å². The lowest BCUT2D eigenvalue weighted by molar-refractivity contribution is 0.0909. The monoisotopic (exact) mass is 356 g/mol. The molecule has 2 aromatic rings. The number of hydrogen-bond donors (Lipinski definition) is 1. The second-order valence-corrected chi connectivity index (χ2v) is 5.93. The highest BCUT2D eigenvalue weighted by Crippen LogP contribution is 2.31. The van der Waals surface area contributed by atoms with Crippen molar-refractivity contribution in [3.05, 3.63) is 43.2 Å². The van der Waals surface area contributed by atoms with Crippen LogP contribution in [-0.4, -0.2) is 50.0 Å². The highest BCUT2D eigenvalue weighted by molar-refractivity contribution is 5.67. The van der Waals surface area contributed by atoms with Crippen LogP contribution in [-0.2, 0) is 4.74 Å². The Bertz CT molecular complexity index is 753. The maximum Gasteiger partial charge on any atom is 0.146 e. The Kier molecular flexibility index (Phi) is 5.91. The van der Waals surface area contributed by atoms with Crippen molar-refractivity contribution in [1.29, 1.82) is 0 Å². The fraction of sp³-hybridized carbons (Fsp3) is 0.368. The number of aromatic nitrogens is 2. The van der Waals surface area contributed by atoms with Crippen LogP contribution in [0.25, 0.3) is 0 Å². The largest absolute Gasteiger partial charge is 0.497 e. The summed E-state index contributed by atoms with van der Waals surface area (Å²) in [6.07, 6.45) is 4.52. The summed E-state index contributed by atoms with van der Waals surface area (Å²) in [5, 5.41) is 3.28. The summed E-state index contributed by atoms with van der Waals surface area (Å²) in [6.45, 7) is 5.99. The normalized spacial score (nSPS) is 16.4. The van der Waals surface area contributed by atoms with Crippen molar-refractivity contribution in [2.75, 3.05) is 44.1 Å². The van der Waals surface area contributed by atoms with Crippen LogP contribution in [0.5, 0.6) is 11.5 Å². The molecule has 138 valence electrons. The van der Waals surface area contributed by atoms with Gasteiger partial charge < -0.3 is 24.4 Å². The van der Waals surface area contributed by atoms with Gasteiger partial charge in [-0.3, -0.25) is 0 Å². The fourth-order valence-electron chi connectivity index (χ4n) is 2.90. The maximum atomic E-state index is 5.73. The van der Waals surface area contributed by atoms with E-state index >= 15 is 0 Å². The summed E-state index contributed by atoms with van der Waals surface area (Å²) in [5.41, 5.74) is 0.812. The van der Waals surface area contributed by atoms with Crippen LogP contribution in [0.3, 0.4) is 0 Å². The average molecular weight is 356 g/mol. The molecule has 0 spiro atoms. The molecular weight excluding hydrogens is 332 g/mol. The lowest BCUT2D eigenvalue weighted by Gasteiger charge is -2.18. The van der Waals surface area contributed by atoms with Crippen LogP contribution in [0, 0.1) is 0 Å². The van der Waals surface area contributed by atoms with E-state index in [1.165, 1.54) is 0 Å². The molecule has 1 unspecified atom stereocenters. The van der Waals surface area contributed by atoms with Crippen molar-refractivity contribution < 1.29 is 14.2 Å². The van der Waals surface area contributed by atoms with Gasteiger partial charge in [0.2, 0.25) is 0 Å². The van der Waals surface area contributed by atoms with E-state index in [9.17, 15) is 0 Å². The van der Waals surface area contributed by atoms with E-state index in [-0.39, 0.29) is 6.10 Å². The first-order valence-corrected chi connectivity index (χ1v) is 8.52. The lowest BCUT2D eigenvalue weighted by atomic mass is 10.2. The SMILES string of the molecule is C=CCOC1CCN(c2cc(Nc3ccc(OC)cc3OC)ncn2)C1. The van der Waals surface area contributed by atoms with Gasteiger partial charge in [0.1, 0.15) is 29.5 Å². The van der Waals surface area contributed by atoms with E-state index in [1.807, 2.05) is 24.3 Å². The van der Waals surface area contributed by atoms with Gasteiger partial charge in [0, 0.05) is 25.2 Å². The summed E-state index contributed by atoms with van der Waals surface area (Å²) in [7, 11) is 3.25. The minimum absolute atomic E-state index is 0.209. The molecule has 0 bridgehead atoms. The van der Waals surface area contributed by atoms with E-state index in [1.54, 1.807) is 26.6 Å². The quantitative estimate of drug-likeness (QED) is 0.729. The molecule has 1 aliphatic heterocycles. The number of hydrogen-bond acceptors (Lipinski definition) is 7. The van der Waals surface area contributed by atoms with Crippen LogP contribution < -0.4 is 19.7 Å². The molecule has 1 aromatic heterocycles. The average Bonchev–Trinajstić information content (AvgIpc) is 3.16. The minimum Gasteiger partial charge on any atom is -0.497 e. The highest BCUT2D eigenvalue weighted by Gasteiger charge is 2.24. The molecule has 1 aliphatic rings. The van der Waals surface area contributed by atoms with Crippen molar-refractivity contribution in [1.82, 2.24) is 9.97 Å². The van der Waals surface area contributed by atoms with E-state index in [0.29, 0.717) is 18.2 Å². The van der Waals surface area contributed by atoms with Gasteiger partial charge in [-0.2, -0.15) is 0 Å². The minimum atomic E-state index is 0.209. The van der Waals surface area contributed by atoms with Gasteiger partial charge in [-0.15, -0.1) is 6.58 Å². The maximum absolute atomic E-state index is 5.73. The number of nitrogens with one attached hydrogen (secondary N) is 1. The van der Waals surface area contributed by atoms with Crippen LogP contribution in [0.2, 0.25) is 0 Å². The van der Waals surface area contributed by atoms with Gasteiger partial charge >= 0.3 is 0 Å². The Balaban J connectivity index is 1.71. The zero-order valence-corrected chi connectivity index (χ0v) is 15.1. The van der Waals surface area contributed by atoms with Crippen LogP contribution in [0.1, 0.15) is 6.42 Å². The van der Waals surface area contributed by atoms with Gasteiger partial charge in [-0.25, -0.2) is 9.97 Å². The van der Waals surface area contributed by atoms with Crippen molar-refractivity contribution in [2.24, 2.45) is 0 Å². The summed E-state index contributed by atoms with van der Waals surface area (Å²) in [4.78, 5) is 10.9. The molecule has 7 nitrogen and oxygen atoms in total. The summed E-state index contributed by atoms with van der Waals surface area (Å²) in [5.74, 6) is 3.00. The Labute approximate surface area is 153 Å². The van der Waals surface area contributed by atoms with E-state index < -0.39 is 0 Å². The zero-order valence-electron chi connectivity index (χ0n) is 15.1. The molecule has 3 rings (SSSR count). The van der Waals surface area contributed by atoms with Gasteiger partial charge in [-0.05, 0) is 18.6 Å².